The van der Waals surface area contributed by atoms with Crippen molar-refractivity contribution < 1.29 is 14.3 Å². The molecule has 1 heterocycles. The minimum absolute atomic E-state index is 0.0354. The van der Waals surface area contributed by atoms with Crippen LogP contribution in [0, 0.1) is 0 Å². The summed E-state index contributed by atoms with van der Waals surface area (Å²) in [5.74, 6) is 0.814. The molecule has 1 aromatic rings. The number of hydrogen-bond acceptors (Lipinski definition) is 4. The van der Waals surface area contributed by atoms with Crippen molar-refractivity contribution in [2.24, 2.45) is 0 Å². The Balaban J connectivity index is 1.41. The zero-order valence-electron chi connectivity index (χ0n) is 16.8. The molecule has 1 saturated carbocycles. The molecular formula is C22H34N2O3. The van der Waals surface area contributed by atoms with Gasteiger partial charge >= 0.3 is 0 Å². The van der Waals surface area contributed by atoms with Gasteiger partial charge in [-0.1, -0.05) is 6.42 Å². The first kappa shape index (κ1) is 20.2. The molecule has 2 fully saturated rings. The highest BCUT2D eigenvalue weighted by molar-refractivity contribution is 5.97. The Labute approximate surface area is 163 Å². The lowest BCUT2D eigenvalue weighted by Crippen LogP contribution is -2.42. The molecule has 27 heavy (non-hydrogen) atoms. The number of hydrogen-bond donors (Lipinski definition) is 1. The molecule has 1 N–H and O–H groups in total. The molecule has 5 heteroatoms. The zero-order chi connectivity index (χ0) is 19.1. The summed E-state index contributed by atoms with van der Waals surface area (Å²) < 4.78 is 11.4. The SMILES string of the molecule is COC1(C(=O)Nc2ccc(OCCCN3CCCC[C@H]3C)cc2)CCCC1. The fourth-order valence-corrected chi connectivity index (χ4v) is 4.30. The summed E-state index contributed by atoms with van der Waals surface area (Å²) in [6.45, 7) is 5.38. The van der Waals surface area contributed by atoms with E-state index in [1.807, 2.05) is 24.3 Å². The van der Waals surface area contributed by atoms with E-state index in [4.69, 9.17) is 9.47 Å². The smallest absolute Gasteiger partial charge is 0.256 e. The highest BCUT2D eigenvalue weighted by atomic mass is 16.5. The van der Waals surface area contributed by atoms with Gasteiger partial charge in [0.1, 0.15) is 11.4 Å². The number of anilines is 1. The van der Waals surface area contributed by atoms with E-state index in [2.05, 4.69) is 17.1 Å². The third-order valence-corrected chi connectivity index (χ3v) is 6.13. The molecule has 150 valence electrons. The number of ether oxygens (including phenoxy) is 2. The predicted octanol–water partition coefficient (Wildman–Crippen LogP) is 4.23. The van der Waals surface area contributed by atoms with Crippen LogP contribution in [0.1, 0.15) is 58.3 Å². The fourth-order valence-electron chi connectivity index (χ4n) is 4.30. The van der Waals surface area contributed by atoms with Gasteiger partial charge in [-0.3, -0.25) is 4.79 Å². The number of piperidine rings is 1. The molecule has 0 aromatic heterocycles. The second-order valence-electron chi connectivity index (χ2n) is 7.97. The van der Waals surface area contributed by atoms with Crippen LogP contribution in [0.3, 0.4) is 0 Å². The standard InChI is InChI=1S/C22H34N2O3/c1-18-8-3-6-15-24(18)16-7-17-27-20-11-9-19(10-12-20)23-21(25)22(26-2)13-4-5-14-22/h9-12,18H,3-8,13-17H2,1-2H3,(H,23,25)/t18-/m1/s1. The lowest BCUT2D eigenvalue weighted by molar-refractivity contribution is -0.136. The lowest BCUT2D eigenvalue weighted by Gasteiger charge is -2.33. The maximum Gasteiger partial charge on any atom is 0.256 e. The molecule has 1 aromatic carbocycles. The van der Waals surface area contributed by atoms with Crippen LogP contribution in [0.4, 0.5) is 5.69 Å². The van der Waals surface area contributed by atoms with Crippen LogP contribution < -0.4 is 10.1 Å². The molecule has 1 aliphatic carbocycles. The average Bonchev–Trinajstić information content (AvgIpc) is 3.18. The largest absolute Gasteiger partial charge is 0.494 e. The summed E-state index contributed by atoms with van der Waals surface area (Å²) in [4.78, 5) is 15.1. The molecular weight excluding hydrogens is 340 g/mol. The monoisotopic (exact) mass is 374 g/mol. The molecule has 1 amide bonds. The first-order chi connectivity index (χ1) is 13.1. The van der Waals surface area contributed by atoms with Gasteiger partial charge < -0.3 is 19.7 Å². The molecule has 0 spiro atoms. The maximum atomic E-state index is 12.6. The summed E-state index contributed by atoms with van der Waals surface area (Å²) >= 11 is 0. The number of benzene rings is 1. The van der Waals surface area contributed by atoms with Crippen molar-refractivity contribution in [1.82, 2.24) is 4.90 Å². The molecule has 1 saturated heterocycles. The van der Waals surface area contributed by atoms with Crippen molar-refractivity contribution in [3.05, 3.63) is 24.3 Å². The van der Waals surface area contributed by atoms with Crippen LogP contribution in [0.15, 0.2) is 24.3 Å². The van der Waals surface area contributed by atoms with Crippen molar-refractivity contribution in [2.75, 3.05) is 32.1 Å². The van der Waals surface area contributed by atoms with Crippen LogP contribution in [0.5, 0.6) is 5.75 Å². The second kappa shape index (κ2) is 9.56. The first-order valence-corrected chi connectivity index (χ1v) is 10.5. The summed E-state index contributed by atoms with van der Waals surface area (Å²) in [7, 11) is 1.63. The third kappa shape index (κ3) is 5.23. The third-order valence-electron chi connectivity index (χ3n) is 6.13. The van der Waals surface area contributed by atoms with Crippen molar-refractivity contribution in [2.45, 2.75) is 69.9 Å². The zero-order valence-corrected chi connectivity index (χ0v) is 16.8. The van der Waals surface area contributed by atoms with Crippen LogP contribution in [0.25, 0.3) is 0 Å². The molecule has 1 atom stereocenters. The van der Waals surface area contributed by atoms with Gasteiger partial charge in [0, 0.05) is 25.4 Å². The van der Waals surface area contributed by atoms with E-state index in [1.54, 1.807) is 7.11 Å². The average molecular weight is 375 g/mol. The first-order valence-electron chi connectivity index (χ1n) is 10.5. The van der Waals surface area contributed by atoms with Crippen LogP contribution >= 0.6 is 0 Å². The van der Waals surface area contributed by atoms with Crippen molar-refractivity contribution in [3.8, 4) is 5.75 Å². The number of carbonyl (C=O) groups is 1. The Hall–Kier alpha value is -1.59. The van der Waals surface area contributed by atoms with E-state index in [0.717, 1.165) is 56.7 Å². The number of methoxy groups -OCH3 is 1. The molecule has 2 aliphatic rings. The van der Waals surface area contributed by atoms with Gasteiger partial charge in [0.2, 0.25) is 0 Å². The molecule has 0 radical (unpaired) electrons. The molecule has 0 bridgehead atoms. The number of amides is 1. The van der Waals surface area contributed by atoms with Crippen LogP contribution in [0.2, 0.25) is 0 Å². The van der Waals surface area contributed by atoms with E-state index in [1.165, 1.54) is 25.8 Å². The topological polar surface area (TPSA) is 50.8 Å². The number of rotatable bonds is 8. The van der Waals surface area contributed by atoms with Gasteiger partial charge in [0.25, 0.3) is 5.91 Å². The Kier molecular flexibility index (Phi) is 7.13. The van der Waals surface area contributed by atoms with Crippen molar-refractivity contribution in [3.63, 3.8) is 0 Å². The minimum Gasteiger partial charge on any atom is -0.494 e. The Morgan fingerprint density at radius 3 is 2.59 bits per heavy atom. The highest BCUT2D eigenvalue weighted by Gasteiger charge is 2.41. The molecule has 5 nitrogen and oxygen atoms in total. The number of nitrogens with zero attached hydrogens (tertiary/aromatic N) is 1. The summed E-state index contributed by atoms with van der Waals surface area (Å²) in [5.41, 5.74) is 0.138. The second-order valence-corrected chi connectivity index (χ2v) is 7.97. The van der Waals surface area contributed by atoms with Crippen molar-refractivity contribution >= 4 is 11.6 Å². The molecule has 3 rings (SSSR count). The summed E-state index contributed by atoms with van der Waals surface area (Å²) in [5, 5.41) is 2.99. The van der Waals surface area contributed by atoms with E-state index in [0.29, 0.717) is 6.04 Å². The number of likely N-dealkylation sites (tertiary alicyclic amines) is 1. The molecule has 0 unspecified atom stereocenters. The molecule has 1 aliphatic heterocycles. The van der Waals surface area contributed by atoms with Crippen LogP contribution in [-0.4, -0.2) is 49.3 Å². The van der Waals surface area contributed by atoms with E-state index in [9.17, 15) is 4.79 Å². The summed E-state index contributed by atoms with van der Waals surface area (Å²) in [6, 6.07) is 8.36. The Morgan fingerprint density at radius 1 is 1.19 bits per heavy atom. The van der Waals surface area contributed by atoms with Crippen LogP contribution in [-0.2, 0) is 9.53 Å². The fraction of sp³-hybridized carbons (Fsp3) is 0.682. The number of nitrogens with one attached hydrogen (secondary N) is 1. The van der Waals surface area contributed by atoms with E-state index in [-0.39, 0.29) is 5.91 Å². The Bertz CT molecular complexity index is 596. The van der Waals surface area contributed by atoms with Gasteiger partial charge in [0.15, 0.2) is 0 Å². The van der Waals surface area contributed by atoms with Gasteiger partial charge in [-0.2, -0.15) is 0 Å². The van der Waals surface area contributed by atoms with E-state index < -0.39 is 5.60 Å². The maximum absolute atomic E-state index is 12.6. The van der Waals surface area contributed by atoms with Gasteiger partial charge in [-0.25, -0.2) is 0 Å². The van der Waals surface area contributed by atoms with Crippen molar-refractivity contribution in [1.29, 1.82) is 0 Å². The van der Waals surface area contributed by atoms with Gasteiger partial charge in [-0.05, 0) is 82.7 Å². The Morgan fingerprint density at radius 2 is 1.93 bits per heavy atom. The quantitative estimate of drug-likeness (QED) is 0.692. The van der Waals surface area contributed by atoms with Gasteiger partial charge in [0.05, 0.1) is 6.61 Å². The normalized spacial score (nSPS) is 22.5. The van der Waals surface area contributed by atoms with Gasteiger partial charge in [-0.15, -0.1) is 0 Å². The number of carbonyl (C=O) groups excluding carboxylic acids is 1. The lowest BCUT2D eigenvalue weighted by atomic mass is 10.0. The van der Waals surface area contributed by atoms with E-state index >= 15 is 0 Å². The minimum atomic E-state index is -0.652. The highest BCUT2D eigenvalue weighted by Crippen LogP contribution is 2.34. The predicted molar refractivity (Wildman–Crippen MR) is 108 cm³/mol. The summed E-state index contributed by atoms with van der Waals surface area (Å²) in [6.07, 6.45) is 8.73.